The van der Waals surface area contributed by atoms with Gasteiger partial charge in [0.2, 0.25) is 0 Å². The van der Waals surface area contributed by atoms with Crippen LogP contribution in [0.2, 0.25) is 0 Å². The van der Waals surface area contributed by atoms with Gasteiger partial charge in [0.1, 0.15) is 0 Å². The molecule has 3 aromatic rings. The molecule has 0 radical (unpaired) electrons. The molecule has 3 rings (SSSR count). The molecular weight excluding hydrogens is 279 g/mol. The van der Waals surface area contributed by atoms with Gasteiger partial charge in [0, 0.05) is 12.0 Å². The molecule has 0 aliphatic heterocycles. The van der Waals surface area contributed by atoms with Crippen molar-refractivity contribution >= 4 is 29.1 Å². The third-order valence-electron chi connectivity index (χ3n) is 2.92. The molecule has 20 heavy (non-hydrogen) atoms. The summed E-state index contributed by atoms with van der Waals surface area (Å²) in [4.78, 5) is 1.33. The van der Waals surface area contributed by atoms with E-state index in [4.69, 9.17) is 0 Å². The second-order valence-corrected chi connectivity index (χ2v) is 8.29. The van der Waals surface area contributed by atoms with E-state index < -0.39 is 7.12 Å². The topological polar surface area (TPSA) is 0 Å². The SMILES string of the molecule is c1ccc(SP(c2ccccc2)c2ccccc2)cc1. The minimum Gasteiger partial charge on any atom is -0.0888 e. The molecule has 0 nitrogen and oxygen atoms in total. The van der Waals surface area contributed by atoms with Gasteiger partial charge in [-0.2, -0.15) is 0 Å². The normalized spacial score (nSPS) is 10.7. The molecular formula is C18H15PS. The maximum Gasteiger partial charge on any atom is 0.0207 e. The molecule has 98 valence electrons. The molecule has 0 amide bonds. The lowest BCUT2D eigenvalue weighted by Crippen LogP contribution is -2.08. The Labute approximate surface area is 125 Å². The summed E-state index contributed by atoms with van der Waals surface area (Å²) in [6.45, 7) is 0. The fraction of sp³-hybridized carbons (Fsp3) is 0. The Kier molecular flexibility index (Phi) is 4.53. The summed E-state index contributed by atoms with van der Waals surface area (Å²) in [6.07, 6.45) is 0. The van der Waals surface area contributed by atoms with Crippen molar-refractivity contribution in [3.63, 3.8) is 0 Å². The van der Waals surface area contributed by atoms with E-state index in [1.165, 1.54) is 15.5 Å². The fourth-order valence-electron chi connectivity index (χ4n) is 1.97. The number of hydrogen-bond acceptors (Lipinski definition) is 1. The molecule has 0 fully saturated rings. The first-order chi connectivity index (χ1) is 9.93. The standard InChI is InChI=1S/C18H15PS/c1-4-10-16(11-5-1)19(17-12-6-2-7-13-17)20-18-14-8-3-9-15-18/h1-15H. The Hall–Kier alpha value is -1.56. The van der Waals surface area contributed by atoms with Crippen LogP contribution in [-0.4, -0.2) is 0 Å². The molecule has 0 aliphatic rings. The van der Waals surface area contributed by atoms with Crippen LogP contribution in [0.3, 0.4) is 0 Å². The highest BCUT2D eigenvalue weighted by atomic mass is 32.7. The van der Waals surface area contributed by atoms with Gasteiger partial charge in [-0.15, -0.1) is 0 Å². The molecule has 0 atom stereocenters. The van der Waals surface area contributed by atoms with Crippen molar-refractivity contribution in [1.29, 1.82) is 0 Å². The predicted molar refractivity (Wildman–Crippen MR) is 91.4 cm³/mol. The molecule has 0 bridgehead atoms. The van der Waals surface area contributed by atoms with Crippen molar-refractivity contribution < 1.29 is 0 Å². The zero-order valence-corrected chi connectivity index (χ0v) is 12.7. The molecule has 0 heterocycles. The van der Waals surface area contributed by atoms with E-state index in [0.717, 1.165) is 0 Å². The van der Waals surface area contributed by atoms with Gasteiger partial charge in [-0.25, -0.2) is 0 Å². The third-order valence-corrected chi connectivity index (χ3v) is 7.57. The minimum absolute atomic E-state index is 0.410. The Balaban J connectivity index is 1.96. The largest absolute Gasteiger partial charge is 0.0888 e. The highest BCUT2D eigenvalue weighted by Crippen LogP contribution is 2.51. The van der Waals surface area contributed by atoms with Crippen LogP contribution in [0.15, 0.2) is 95.9 Å². The Morgan fingerprint density at radius 1 is 0.500 bits per heavy atom. The van der Waals surface area contributed by atoms with Gasteiger partial charge in [-0.3, -0.25) is 0 Å². The van der Waals surface area contributed by atoms with Gasteiger partial charge in [-0.05, 0) is 22.7 Å². The summed E-state index contributed by atoms with van der Waals surface area (Å²) >= 11 is 1.96. The van der Waals surface area contributed by atoms with E-state index in [9.17, 15) is 0 Å². The van der Waals surface area contributed by atoms with Crippen LogP contribution in [0.5, 0.6) is 0 Å². The quantitative estimate of drug-likeness (QED) is 0.621. The maximum atomic E-state index is 2.23. The summed E-state index contributed by atoms with van der Waals surface area (Å²) in [6, 6.07) is 32.2. The van der Waals surface area contributed by atoms with E-state index in [1.54, 1.807) is 0 Å². The van der Waals surface area contributed by atoms with E-state index in [0.29, 0.717) is 0 Å². The highest BCUT2D eigenvalue weighted by Gasteiger charge is 2.14. The van der Waals surface area contributed by atoms with E-state index in [2.05, 4.69) is 91.0 Å². The summed E-state index contributed by atoms with van der Waals surface area (Å²) < 4.78 is 0. The van der Waals surface area contributed by atoms with Gasteiger partial charge >= 0.3 is 0 Å². The van der Waals surface area contributed by atoms with Crippen LogP contribution in [0.1, 0.15) is 0 Å². The smallest absolute Gasteiger partial charge is 0.0207 e. The lowest BCUT2D eigenvalue weighted by Gasteiger charge is -2.17. The Morgan fingerprint density at radius 3 is 1.35 bits per heavy atom. The van der Waals surface area contributed by atoms with Gasteiger partial charge in [0.05, 0.1) is 0 Å². The average Bonchev–Trinajstić information content (AvgIpc) is 2.55. The first-order valence-electron chi connectivity index (χ1n) is 6.57. The van der Waals surface area contributed by atoms with Crippen molar-refractivity contribution in [1.82, 2.24) is 0 Å². The van der Waals surface area contributed by atoms with Crippen LogP contribution in [-0.2, 0) is 0 Å². The van der Waals surface area contributed by atoms with Gasteiger partial charge in [0.25, 0.3) is 0 Å². The summed E-state index contributed by atoms with van der Waals surface area (Å²) in [5.74, 6) is 0. The first-order valence-corrected chi connectivity index (χ1v) is 9.33. The van der Waals surface area contributed by atoms with Gasteiger partial charge in [0.15, 0.2) is 0 Å². The molecule has 0 aromatic heterocycles. The molecule has 0 N–H and O–H groups in total. The van der Waals surface area contributed by atoms with Crippen molar-refractivity contribution in [2.24, 2.45) is 0 Å². The second-order valence-electron chi connectivity index (χ2n) is 4.37. The zero-order valence-electron chi connectivity index (χ0n) is 11.0. The first kappa shape index (κ1) is 13.4. The number of benzene rings is 3. The molecule has 0 unspecified atom stereocenters. The van der Waals surface area contributed by atoms with Gasteiger partial charge < -0.3 is 0 Å². The molecule has 3 aromatic carbocycles. The van der Waals surface area contributed by atoms with Crippen molar-refractivity contribution in [3.05, 3.63) is 91.0 Å². The monoisotopic (exact) mass is 294 g/mol. The fourth-order valence-corrected chi connectivity index (χ4v) is 6.21. The van der Waals surface area contributed by atoms with Crippen molar-refractivity contribution in [3.8, 4) is 0 Å². The van der Waals surface area contributed by atoms with Crippen LogP contribution < -0.4 is 10.6 Å². The predicted octanol–water partition coefficient (Wildman–Crippen LogP) is 4.83. The minimum atomic E-state index is -0.410. The lowest BCUT2D eigenvalue weighted by molar-refractivity contribution is 1.48. The van der Waals surface area contributed by atoms with Crippen molar-refractivity contribution in [2.75, 3.05) is 0 Å². The molecule has 2 heteroatoms. The zero-order chi connectivity index (χ0) is 13.6. The van der Waals surface area contributed by atoms with Crippen LogP contribution in [0.25, 0.3) is 0 Å². The van der Waals surface area contributed by atoms with Crippen LogP contribution >= 0.6 is 18.5 Å². The maximum absolute atomic E-state index is 2.23. The summed E-state index contributed by atoms with van der Waals surface area (Å²) in [5, 5.41) is 2.81. The molecule has 0 spiro atoms. The Morgan fingerprint density at radius 2 is 0.900 bits per heavy atom. The number of hydrogen-bond donors (Lipinski definition) is 0. The van der Waals surface area contributed by atoms with Crippen LogP contribution in [0.4, 0.5) is 0 Å². The molecule has 0 aliphatic carbocycles. The third kappa shape index (κ3) is 3.30. The summed E-state index contributed by atoms with van der Waals surface area (Å²) in [5.41, 5.74) is 0. The van der Waals surface area contributed by atoms with Crippen LogP contribution in [0, 0.1) is 0 Å². The number of rotatable bonds is 4. The molecule has 0 saturated heterocycles. The average molecular weight is 294 g/mol. The van der Waals surface area contributed by atoms with Gasteiger partial charge in [-0.1, -0.05) is 90.2 Å². The molecule has 0 saturated carbocycles. The highest BCUT2D eigenvalue weighted by molar-refractivity contribution is 8.60. The summed E-state index contributed by atoms with van der Waals surface area (Å²) in [7, 11) is -0.410. The Bertz CT molecular complexity index is 599. The van der Waals surface area contributed by atoms with Crippen molar-refractivity contribution in [2.45, 2.75) is 4.90 Å². The lowest BCUT2D eigenvalue weighted by atomic mass is 10.4. The van der Waals surface area contributed by atoms with E-state index in [1.807, 2.05) is 11.4 Å². The van der Waals surface area contributed by atoms with E-state index >= 15 is 0 Å². The van der Waals surface area contributed by atoms with E-state index in [-0.39, 0.29) is 0 Å². The second kappa shape index (κ2) is 6.74.